The minimum Gasteiger partial charge on any atom is -0.496 e. The van der Waals surface area contributed by atoms with E-state index in [4.69, 9.17) is 16.3 Å². The van der Waals surface area contributed by atoms with Gasteiger partial charge in [0.2, 0.25) is 5.91 Å². The van der Waals surface area contributed by atoms with Crippen molar-refractivity contribution in [3.63, 3.8) is 0 Å². The molecule has 0 unspecified atom stereocenters. The molecule has 4 nitrogen and oxygen atoms in total. The number of hydrogen-bond donors (Lipinski definition) is 2. The largest absolute Gasteiger partial charge is 0.496 e. The Hall–Kier alpha value is -2.20. The van der Waals surface area contributed by atoms with Crippen molar-refractivity contribution in [1.82, 2.24) is 5.32 Å². The summed E-state index contributed by atoms with van der Waals surface area (Å²) in [6, 6.07) is 13.3. The van der Waals surface area contributed by atoms with Crippen molar-refractivity contribution in [3.05, 3.63) is 58.6 Å². The summed E-state index contributed by atoms with van der Waals surface area (Å²) in [7, 11) is 1.62. The van der Waals surface area contributed by atoms with Crippen molar-refractivity contribution >= 4 is 23.2 Å². The summed E-state index contributed by atoms with van der Waals surface area (Å²) in [5, 5.41) is 6.85. The number of ether oxygens (including phenoxy) is 1. The van der Waals surface area contributed by atoms with E-state index in [1.165, 1.54) is 0 Å². The van der Waals surface area contributed by atoms with Gasteiger partial charge in [-0.2, -0.15) is 0 Å². The second kappa shape index (κ2) is 8.44. The highest BCUT2D eigenvalue weighted by atomic mass is 35.5. The lowest BCUT2D eigenvalue weighted by atomic mass is 10.2. The summed E-state index contributed by atoms with van der Waals surface area (Å²) in [5.74, 6) is 0.767. The quantitative estimate of drug-likeness (QED) is 0.811. The molecule has 0 aliphatic rings. The van der Waals surface area contributed by atoms with E-state index in [2.05, 4.69) is 10.6 Å². The van der Waals surface area contributed by atoms with Gasteiger partial charge in [-0.25, -0.2) is 0 Å². The van der Waals surface area contributed by atoms with Crippen molar-refractivity contribution in [2.24, 2.45) is 0 Å². The Morgan fingerprint density at radius 2 is 1.96 bits per heavy atom. The van der Waals surface area contributed by atoms with E-state index < -0.39 is 0 Å². The third kappa shape index (κ3) is 4.89. The van der Waals surface area contributed by atoms with Crippen LogP contribution < -0.4 is 15.4 Å². The van der Waals surface area contributed by atoms with Gasteiger partial charge in [-0.3, -0.25) is 4.79 Å². The Bertz CT molecular complexity index is 674. The van der Waals surface area contributed by atoms with Gasteiger partial charge in [-0.15, -0.1) is 0 Å². The molecule has 5 heteroatoms. The number of rotatable bonds is 7. The number of carbonyl (C=O) groups is 1. The molecule has 122 valence electrons. The number of nitrogens with one attached hydrogen (secondary N) is 2. The molecule has 0 atom stereocenters. The highest BCUT2D eigenvalue weighted by molar-refractivity contribution is 6.31. The minimum absolute atomic E-state index is 0.0110. The van der Waals surface area contributed by atoms with Gasteiger partial charge < -0.3 is 15.4 Å². The fourth-order valence-electron chi connectivity index (χ4n) is 2.24. The van der Waals surface area contributed by atoms with Gasteiger partial charge in [-0.1, -0.05) is 35.9 Å². The highest BCUT2D eigenvalue weighted by Gasteiger charge is 2.06. The fourth-order valence-corrected chi connectivity index (χ4v) is 2.42. The Morgan fingerprint density at radius 3 is 2.74 bits per heavy atom. The molecule has 1 amide bonds. The molecule has 2 aromatic carbocycles. The van der Waals surface area contributed by atoms with Crippen LogP contribution in [0.15, 0.2) is 42.5 Å². The topological polar surface area (TPSA) is 50.4 Å². The average Bonchev–Trinajstić information content (AvgIpc) is 2.57. The predicted molar refractivity (Wildman–Crippen MR) is 94.1 cm³/mol. The lowest BCUT2D eigenvalue weighted by Gasteiger charge is -2.11. The van der Waals surface area contributed by atoms with Gasteiger partial charge in [0.15, 0.2) is 0 Å². The molecule has 2 N–H and O–H groups in total. The summed E-state index contributed by atoms with van der Waals surface area (Å²) >= 11 is 6.07. The van der Waals surface area contributed by atoms with Crippen molar-refractivity contribution in [1.29, 1.82) is 0 Å². The molecule has 0 radical (unpaired) electrons. The maximum Gasteiger partial charge on any atom is 0.222 e. The normalized spacial score (nSPS) is 10.2. The van der Waals surface area contributed by atoms with Crippen molar-refractivity contribution in [3.8, 4) is 5.75 Å². The van der Waals surface area contributed by atoms with E-state index in [9.17, 15) is 4.79 Å². The van der Waals surface area contributed by atoms with Crippen LogP contribution in [-0.4, -0.2) is 19.6 Å². The molecular weight excluding hydrogens is 312 g/mol. The first-order chi connectivity index (χ1) is 11.1. The molecule has 0 saturated carbocycles. The van der Waals surface area contributed by atoms with Crippen LogP contribution in [0.5, 0.6) is 5.75 Å². The molecule has 0 aromatic heterocycles. The number of halogens is 1. The van der Waals surface area contributed by atoms with Crippen molar-refractivity contribution in [2.45, 2.75) is 19.9 Å². The SMILES string of the molecule is COc1ccccc1CNC(=O)CCNc1cccc(Cl)c1C. The summed E-state index contributed by atoms with van der Waals surface area (Å²) < 4.78 is 5.26. The Balaban J connectivity index is 1.78. The Kier molecular flexibility index (Phi) is 6.29. The Morgan fingerprint density at radius 1 is 1.17 bits per heavy atom. The smallest absolute Gasteiger partial charge is 0.222 e. The van der Waals surface area contributed by atoms with Gasteiger partial charge in [0.1, 0.15) is 5.75 Å². The molecule has 23 heavy (non-hydrogen) atoms. The third-order valence-corrected chi connectivity index (χ3v) is 4.01. The maximum atomic E-state index is 11.9. The minimum atomic E-state index is -0.0110. The molecule has 2 aromatic rings. The van der Waals surface area contributed by atoms with E-state index in [0.717, 1.165) is 27.6 Å². The predicted octanol–water partition coefficient (Wildman–Crippen LogP) is 3.78. The first-order valence-electron chi connectivity index (χ1n) is 7.49. The van der Waals surface area contributed by atoms with Crippen LogP contribution in [0.2, 0.25) is 5.02 Å². The Labute approximate surface area is 141 Å². The highest BCUT2D eigenvalue weighted by Crippen LogP contribution is 2.22. The van der Waals surface area contributed by atoms with Crippen LogP contribution in [0, 0.1) is 6.92 Å². The fraction of sp³-hybridized carbons (Fsp3) is 0.278. The number of amides is 1. The second-order valence-corrected chi connectivity index (χ2v) is 5.58. The van der Waals surface area contributed by atoms with Crippen LogP contribution in [-0.2, 0) is 11.3 Å². The van der Waals surface area contributed by atoms with Gasteiger partial charge in [0, 0.05) is 35.8 Å². The van der Waals surface area contributed by atoms with Gasteiger partial charge in [0.05, 0.1) is 7.11 Å². The van der Waals surface area contributed by atoms with Crippen LogP contribution in [0.1, 0.15) is 17.5 Å². The standard InChI is InChI=1S/C18H21ClN2O2/c1-13-15(19)7-5-8-16(13)20-11-10-18(22)21-12-14-6-3-4-9-17(14)23-2/h3-9,20H,10-12H2,1-2H3,(H,21,22). The number of methoxy groups -OCH3 is 1. The number of para-hydroxylation sites is 1. The maximum absolute atomic E-state index is 11.9. The van der Waals surface area contributed by atoms with Crippen LogP contribution >= 0.6 is 11.6 Å². The molecule has 0 aliphatic heterocycles. The van der Waals surface area contributed by atoms with E-state index in [0.29, 0.717) is 19.5 Å². The van der Waals surface area contributed by atoms with Crippen LogP contribution in [0.3, 0.4) is 0 Å². The van der Waals surface area contributed by atoms with E-state index in [-0.39, 0.29) is 5.91 Å². The zero-order valence-electron chi connectivity index (χ0n) is 13.4. The second-order valence-electron chi connectivity index (χ2n) is 5.18. The summed E-state index contributed by atoms with van der Waals surface area (Å²) in [6.45, 7) is 2.96. The number of anilines is 1. The van der Waals surface area contributed by atoms with Gasteiger partial charge in [-0.05, 0) is 30.7 Å². The molecule has 0 saturated heterocycles. The molecule has 0 fully saturated rings. The van der Waals surface area contributed by atoms with Crippen LogP contribution in [0.25, 0.3) is 0 Å². The molecule has 2 rings (SSSR count). The average molecular weight is 333 g/mol. The monoisotopic (exact) mass is 332 g/mol. The van der Waals surface area contributed by atoms with Crippen molar-refractivity contribution < 1.29 is 9.53 Å². The zero-order valence-corrected chi connectivity index (χ0v) is 14.1. The molecular formula is C18H21ClN2O2. The van der Waals surface area contributed by atoms with Gasteiger partial charge in [0.25, 0.3) is 0 Å². The zero-order chi connectivity index (χ0) is 16.7. The molecule has 0 spiro atoms. The van der Waals surface area contributed by atoms with Crippen LogP contribution in [0.4, 0.5) is 5.69 Å². The molecule has 0 heterocycles. The lowest BCUT2D eigenvalue weighted by Crippen LogP contribution is -2.25. The number of hydrogen-bond acceptors (Lipinski definition) is 3. The van der Waals surface area contributed by atoms with Crippen molar-refractivity contribution in [2.75, 3.05) is 19.0 Å². The number of benzene rings is 2. The molecule has 0 aliphatic carbocycles. The summed E-state index contributed by atoms with van der Waals surface area (Å²) in [4.78, 5) is 11.9. The van der Waals surface area contributed by atoms with E-state index >= 15 is 0 Å². The van der Waals surface area contributed by atoms with E-state index in [1.54, 1.807) is 7.11 Å². The van der Waals surface area contributed by atoms with E-state index in [1.807, 2.05) is 49.4 Å². The molecule has 0 bridgehead atoms. The summed E-state index contributed by atoms with van der Waals surface area (Å²) in [5.41, 5.74) is 2.90. The lowest BCUT2D eigenvalue weighted by molar-refractivity contribution is -0.121. The van der Waals surface area contributed by atoms with Gasteiger partial charge >= 0.3 is 0 Å². The summed E-state index contributed by atoms with van der Waals surface area (Å²) in [6.07, 6.45) is 0.390. The third-order valence-electron chi connectivity index (χ3n) is 3.60. The first-order valence-corrected chi connectivity index (χ1v) is 7.87. The number of carbonyl (C=O) groups excluding carboxylic acids is 1. The first kappa shape index (κ1) is 17.2.